The molecule has 3 amide bonds. The average Bonchev–Trinajstić information content (AvgIpc) is 3.23. The zero-order valence-corrected chi connectivity index (χ0v) is 16.1. The number of rotatable bonds is 6. The minimum absolute atomic E-state index is 0.0514. The van der Waals surface area contributed by atoms with Gasteiger partial charge in [0.15, 0.2) is 0 Å². The van der Waals surface area contributed by atoms with Crippen LogP contribution in [0.2, 0.25) is 0 Å². The highest BCUT2D eigenvalue weighted by Gasteiger charge is 2.36. The Kier molecular flexibility index (Phi) is 6.50. The van der Waals surface area contributed by atoms with Gasteiger partial charge in [-0.2, -0.15) is 0 Å². The lowest BCUT2D eigenvalue weighted by molar-refractivity contribution is -0.135. The van der Waals surface area contributed by atoms with Crippen molar-refractivity contribution in [1.29, 1.82) is 0 Å². The maximum atomic E-state index is 12.6. The van der Waals surface area contributed by atoms with Crippen molar-refractivity contribution >= 4 is 46.2 Å². The quantitative estimate of drug-likeness (QED) is 0.751. The van der Waals surface area contributed by atoms with Gasteiger partial charge in [-0.15, -0.1) is 11.3 Å². The van der Waals surface area contributed by atoms with Gasteiger partial charge in [0, 0.05) is 37.0 Å². The number of hydrogen-bond acceptors (Lipinski definition) is 6. The van der Waals surface area contributed by atoms with Gasteiger partial charge in [0.1, 0.15) is 0 Å². The van der Waals surface area contributed by atoms with Gasteiger partial charge in [-0.25, -0.2) is 0 Å². The van der Waals surface area contributed by atoms with E-state index in [2.05, 4.69) is 0 Å². The summed E-state index contributed by atoms with van der Waals surface area (Å²) in [5, 5.41) is 10.8. The molecule has 3 rings (SSSR count). The second-order valence-corrected chi connectivity index (χ2v) is 8.32. The first kappa shape index (κ1) is 19.1. The summed E-state index contributed by atoms with van der Waals surface area (Å²) in [5.74, 6) is -0.379. The predicted octanol–water partition coefficient (Wildman–Crippen LogP) is 2.94. The lowest BCUT2D eigenvalue weighted by Gasteiger charge is -2.36. The van der Waals surface area contributed by atoms with E-state index >= 15 is 0 Å². The summed E-state index contributed by atoms with van der Waals surface area (Å²) < 4.78 is 0. The zero-order chi connectivity index (χ0) is 18.5. The average molecular weight is 395 g/mol. The van der Waals surface area contributed by atoms with Crippen LogP contribution in [-0.2, 0) is 9.59 Å². The minimum atomic E-state index is -0.327. The van der Waals surface area contributed by atoms with Crippen LogP contribution in [0.1, 0.15) is 37.0 Å². The van der Waals surface area contributed by atoms with E-state index in [0.29, 0.717) is 17.9 Å². The highest BCUT2D eigenvalue weighted by molar-refractivity contribution is 8.18. The maximum Gasteiger partial charge on any atom is 0.293 e. The van der Waals surface area contributed by atoms with Crippen molar-refractivity contribution < 1.29 is 19.5 Å². The van der Waals surface area contributed by atoms with Gasteiger partial charge in [-0.05, 0) is 55.0 Å². The molecule has 0 aliphatic carbocycles. The highest BCUT2D eigenvalue weighted by atomic mass is 32.2. The summed E-state index contributed by atoms with van der Waals surface area (Å²) in [6.07, 6.45) is 5.35. The summed E-state index contributed by atoms with van der Waals surface area (Å²) in [7, 11) is 0. The number of piperidine rings is 1. The Labute approximate surface area is 160 Å². The molecule has 0 bridgehead atoms. The van der Waals surface area contributed by atoms with Gasteiger partial charge >= 0.3 is 0 Å². The number of hydrogen-bond donors (Lipinski definition) is 1. The fourth-order valence-electron chi connectivity index (χ4n) is 3.32. The van der Waals surface area contributed by atoms with E-state index in [-0.39, 0.29) is 42.7 Å². The third kappa shape index (κ3) is 4.36. The Balaban J connectivity index is 1.59. The van der Waals surface area contributed by atoms with Crippen LogP contribution >= 0.6 is 23.1 Å². The molecule has 0 saturated carbocycles. The normalized spacial score (nSPS) is 22.5. The lowest BCUT2D eigenvalue weighted by Crippen LogP contribution is -2.45. The van der Waals surface area contributed by atoms with Crippen LogP contribution in [0.15, 0.2) is 22.4 Å². The van der Waals surface area contributed by atoms with Gasteiger partial charge in [0.05, 0.1) is 4.91 Å². The molecule has 0 unspecified atom stereocenters. The molecule has 0 radical (unpaired) electrons. The second-order valence-electron chi connectivity index (χ2n) is 6.35. The van der Waals surface area contributed by atoms with Crippen LogP contribution in [-0.4, -0.2) is 57.7 Å². The molecule has 1 aromatic rings. The summed E-state index contributed by atoms with van der Waals surface area (Å²) in [4.78, 5) is 41.5. The SMILES string of the molecule is O=C1S/C(=C\c2cccs2)C(=O)N1CCC(=O)N1CCCC[C@@H]1CCO. The van der Waals surface area contributed by atoms with Crippen molar-refractivity contribution in [2.24, 2.45) is 0 Å². The van der Waals surface area contributed by atoms with Crippen LogP contribution in [0, 0.1) is 0 Å². The van der Waals surface area contributed by atoms with Crippen molar-refractivity contribution in [1.82, 2.24) is 9.80 Å². The first-order chi connectivity index (χ1) is 12.6. The number of thiophene rings is 1. The third-order valence-corrected chi connectivity index (χ3v) is 6.38. The maximum absolute atomic E-state index is 12.6. The molecule has 2 aliphatic rings. The number of carbonyl (C=O) groups excluding carboxylic acids is 3. The second kappa shape index (κ2) is 8.83. The fraction of sp³-hybridized carbons (Fsp3) is 0.500. The number of nitrogens with zero attached hydrogens (tertiary/aromatic N) is 2. The third-order valence-electron chi connectivity index (χ3n) is 4.65. The largest absolute Gasteiger partial charge is 0.396 e. The van der Waals surface area contributed by atoms with Crippen molar-refractivity contribution in [3.8, 4) is 0 Å². The molecule has 0 spiro atoms. The molecule has 8 heteroatoms. The molecule has 140 valence electrons. The number of carbonyl (C=O) groups is 3. The van der Waals surface area contributed by atoms with Crippen LogP contribution in [0.25, 0.3) is 6.08 Å². The topological polar surface area (TPSA) is 77.9 Å². The number of aliphatic hydroxyl groups excluding tert-OH is 1. The molecule has 0 aromatic carbocycles. The van der Waals surface area contributed by atoms with Crippen LogP contribution < -0.4 is 0 Å². The van der Waals surface area contributed by atoms with Crippen molar-refractivity contribution in [2.45, 2.75) is 38.1 Å². The molecular weight excluding hydrogens is 372 g/mol. The molecule has 2 aliphatic heterocycles. The molecule has 1 N–H and O–H groups in total. The summed E-state index contributed by atoms with van der Waals surface area (Å²) in [6, 6.07) is 3.84. The molecule has 6 nitrogen and oxygen atoms in total. The molecule has 1 atom stereocenters. The molecule has 1 aromatic heterocycles. The van der Waals surface area contributed by atoms with E-state index in [0.717, 1.165) is 40.8 Å². The first-order valence-corrected chi connectivity index (χ1v) is 10.5. The van der Waals surface area contributed by atoms with Gasteiger partial charge in [0.25, 0.3) is 11.1 Å². The standard InChI is InChI=1S/C18H22N2O4S2/c21-10-7-13-4-1-2-8-19(13)16(22)6-9-20-17(23)15(26-18(20)24)12-14-5-3-11-25-14/h3,5,11-13,21H,1-2,4,6-10H2/b15-12-/t13-/m1/s1. The van der Waals surface area contributed by atoms with E-state index in [9.17, 15) is 19.5 Å². The van der Waals surface area contributed by atoms with Crippen LogP contribution in [0.3, 0.4) is 0 Å². The Morgan fingerprint density at radius 2 is 2.19 bits per heavy atom. The van der Waals surface area contributed by atoms with E-state index in [1.165, 1.54) is 11.3 Å². The summed E-state index contributed by atoms with van der Waals surface area (Å²) in [5.41, 5.74) is 0. The Morgan fingerprint density at radius 1 is 1.35 bits per heavy atom. The predicted molar refractivity (Wildman–Crippen MR) is 103 cm³/mol. The van der Waals surface area contributed by atoms with Crippen molar-refractivity contribution in [2.75, 3.05) is 19.7 Å². The fourth-order valence-corrected chi connectivity index (χ4v) is 4.91. The highest BCUT2D eigenvalue weighted by Crippen LogP contribution is 2.33. The Bertz CT molecular complexity index is 700. The molecule has 26 heavy (non-hydrogen) atoms. The zero-order valence-electron chi connectivity index (χ0n) is 14.4. The van der Waals surface area contributed by atoms with Gasteiger partial charge < -0.3 is 10.0 Å². The summed E-state index contributed by atoms with van der Waals surface area (Å²) >= 11 is 2.43. The molecule has 2 fully saturated rings. The smallest absolute Gasteiger partial charge is 0.293 e. The Morgan fingerprint density at radius 3 is 2.92 bits per heavy atom. The number of thioether (sulfide) groups is 1. The van der Waals surface area contributed by atoms with E-state index < -0.39 is 0 Å². The number of likely N-dealkylation sites (tertiary alicyclic amines) is 1. The number of aliphatic hydroxyl groups is 1. The molecule has 3 heterocycles. The Hall–Kier alpha value is -1.64. The van der Waals surface area contributed by atoms with Crippen LogP contribution in [0.5, 0.6) is 0 Å². The van der Waals surface area contributed by atoms with E-state index in [1.807, 2.05) is 17.5 Å². The first-order valence-electron chi connectivity index (χ1n) is 8.79. The monoisotopic (exact) mass is 394 g/mol. The van der Waals surface area contributed by atoms with Gasteiger partial charge in [0.2, 0.25) is 5.91 Å². The lowest BCUT2D eigenvalue weighted by atomic mass is 9.99. The minimum Gasteiger partial charge on any atom is -0.396 e. The van der Waals surface area contributed by atoms with Crippen molar-refractivity contribution in [3.05, 3.63) is 27.3 Å². The number of amides is 3. The van der Waals surface area contributed by atoms with Gasteiger partial charge in [-0.1, -0.05) is 6.07 Å². The number of imide groups is 1. The molecule has 2 saturated heterocycles. The van der Waals surface area contributed by atoms with Gasteiger partial charge in [-0.3, -0.25) is 19.3 Å². The molecular formula is C18H22N2O4S2. The van der Waals surface area contributed by atoms with Crippen molar-refractivity contribution in [3.63, 3.8) is 0 Å². The van der Waals surface area contributed by atoms with Crippen LogP contribution in [0.4, 0.5) is 4.79 Å². The van der Waals surface area contributed by atoms with E-state index in [1.54, 1.807) is 11.0 Å². The van der Waals surface area contributed by atoms with E-state index in [4.69, 9.17) is 0 Å². The summed E-state index contributed by atoms with van der Waals surface area (Å²) in [6.45, 7) is 0.850.